The van der Waals surface area contributed by atoms with Gasteiger partial charge in [-0.3, -0.25) is 0 Å². The first-order valence-corrected chi connectivity index (χ1v) is 9.87. The molecule has 1 aromatic rings. The van der Waals surface area contributed by atoms with Crippen molar-refractivity contribution in [3.63, 3.8) is 0 Å². The summed E-state index contributed by atoms with van der Waals surface area (Å²) in [4.78, 5) is 2.79. The van der Waals surface area contributed by atoms with Crippen LogP contribution in [0, 0.1) is 0 Å². The summed E-state index contributed by atoms with van der Waals surface area (Å²) in [6.45, 7) is 7.37. The summed E-state index contributed by atoms with van der Waals surface area (Å²) in [7, 11) is -3.39. The van der Waals surface area contributed by atoms with Gasteiger partial charge < -0.3 is 4.90 Å². The highest BCUT2D eigenvalue weighted by molar-refractivity contribution is 7.89. The van der Waals surface area contributed by atoms with Crippen LogP contribution in [0.3, 0.4) is 0 Å². The number of aryl methyl sites for hydroxylation is 1. The van der Waals surface area contributed by atoms with E-state index >= 15 is 0 Å². The second kappa shape index (κ2) is 8.09. The van der Waals surface area contributed by atoms with Gasteiger partial charge in [-0.05, 0) is 63.0 Å². The maximum atomic E-state index is 12.5. The third kappa shape index (κ3) is 4.80. The second-order valence-electron chi connectivity index (χ2n) is 6.13. The highest BCUT2D eigenvalue weighted by atomic mass is 32.2. The second-order valence-corrected chi connectivity index (χ2v) is 7.85. The highest BCUT2D eigenvalue weighted by Crippen LogP contribution is 2.16. The van der Waals surface area contributed by atoms with Crippen LogP contribution >= 0.6 is 0 Å². The molecule has 2 rings (SSSR count). The Kier molecular flexibility index (Phi) is 6.41. The fourth-order valence-electron chi connectivity index (χ4n) is 3.00. The normalized spacial score (nSPS) is 17.7. The van der Waals surface area contributed by atoms with E-state index in [1.165, 1.54) is 5.56 Å². The number of hydrogen-bond acceptors (Lipinski definition) is 3. The third-order valence-electron chi connectivity index (χ3n) is 4.22. The van der Waals surface area contributed by atoms with Crippen LogP contribution in [0.4, 0.5) is 0 Å². The van der Waals surface area contributed by atoms with Crippen molar-refractivity contribution in [2.75, 3.05) is 19.6 Å². The lowest BCUT2D eigenvalue weighted by Gasteiger charge is -2.31. The molecule has 0 amide bonds. The van der Waals surface area contributed by atoms with Gasteiger partial charge in [0, 0.05) is 6.04 Å². The van der Waals surface area contributed by atoms with Crippen LogP contribution in [0.2, 0.25) is 0 Å². The first-order chi connectivity index (χ1) is 10.5. The Labute approximate surface area is 135 Å². The molecule has 0 saturated carbocycles. The number of hydrogen-bond donors (Lipinski definition) is 1. The van der Waals surface area contributed by atoms with E-state index in [-0.39, 0.29) is 6.04 Å². The number of benzene rings is 1. The SMILES string of the molecule is CCCc1ccc(S(=O)(=O)NC2CCN(CCC)CC2)cc1. The summed E-state index contributed by atoms with van der Waals surface area (Å²) in [6, 6.07) is 7.34. The lowest BCUT2D eigenvalue weighted by atomic mass is 10.1. The molecule has 0 aromatic heterocycles. The van der Waals surface area contributed by atoms with Crippen molar-refractivity contribution in [3.8, 4) is 0 Å². The Hall–Kier alpha value is -0.910. The number of sulfonamides is 1. The maximum absolute atomic E-state index is 12.5. The number of likely N-dealkylation sites (tertiary alicyclic amines) is 1. The van der Waals surface area contributed by atoms with Crippen molar-refractivity contribution in [2.24, 2.45) is 0 Å². The molecule has 1 heterocycles. The monoisotopic (exact) mass is 324 g/mol. The zero-order valence-corrected chi connectivity index (χ0v) is 14.5. The van der Waals surface area contributed by atoms with Crippen LogP contribution in [-0.4, -0.2) is 39.0 Å². The molecule has 0 atom stereocenters. The first-order valence-electron chi connectivity index (χ1n) is 8.38. The predicted molar refractivity (Wildman–Crippen MR) is 90.5 cm³/mol. The molecule has 1 aliphatic rings. The zero-order valence-electron chi connectivity index (χ0n) is 13.7. The van der Waals surface area contributed by atoms with E-state index in [1.807, 2.05) is 12.1 Å². The lowest BCUT2D eigenvalue weighted by Crippen LogP contribution is -2.44. The summed E-state index contributed by atoms with van der Waals surface area (Å²) in [5.41, 5.74) is 1.19. The largest absolute Gasteiger partial charge is 0.303 e. The van der Waals surface area contributed by atoms with Gasteiger partial charge >= 0.3 is 0 Å². The fourth-order valence-corrected chi connectivity index (χ4v) is 4.31. The van der Waals surface area contributed by atoms with Gasteiger partial charge in [0.15, 0.2) is 0 Å². The van der Waals surface area contributed by atoms with Crippen LogP contribution in [0.5, 0.6) is 0 Å². The molecule has 0 bridgehead atoms. The summed E-state index contributed by atoms with van der Waals surface area (Å²) in [5, 5.41) is 0. The van der Waals surface area contributed by atoms with Crippen LogP contribution in [-0.2, 0) is 16.4 Å². The van der Waals surface area contributed by atoms with Gasteiger partial charge in [0.2, 0.25) is 10.0 Å². The minimum Gasteiger partial charge on any atom is -0.303 e. The Balaban J connectivity index is 1.93. The zero-order chi connectivity index (χ0) is 16.0. The summed E-state index contributed by atoms with van der Waals surface area (Å²) >= 11 is 0. The van der Waals surface area contributed by atoms with Crippen molar-refractivity contribution in [1.82, 2.24) is 9.62 Å². The summed E-state index contributed by atoms with van der Waals surface area (Å²) < 4.78 is 27.8. The minimum absolute atomic E-state index is 0.0634. The number of nitrogens with one attached hydrogen (secondary N) is 1. The van der Waals surface area contributed by atoms with E-state index in [2.05, 4.69) is 23.5 Å². The van der Waals surface area contributed by atoms with Gasteiger partial charge in [0.1, 0.15) is 0 Å². The van der Waals surface area contributed by atoms with E-state index in [0.717, 1.165) is 51.7 Å². The standard InChI is InChI=1S/C17H28N2O2S/c1-3-5-15-6-8-17(9-7-15)22(20,21)18-16-10-13-19(12-4-2)14-11-16/h6-9,16,18H,3-5,10-14H2,1-2H3. The lowest BCUT2D eigenvalue weighted by molar-refractivity contribution is 0.208. The highest BCUT2D eigenvalue weighted by Gasteiger charge is 2.24. The third-order valence-corrected chi connectivity index (χ3v) is 5.76. The molecule has 22 heavy (non-hydrogen) atoms. The van der Waals surface area contributed by atoms with Crippen molar-refractivity contribution < 1.29 is 8.42 Å². The predicted octanol–water partition coefficient (Wildman–Crippen LogP) is 2.79. The van der Waals surface area contributed by atoms with E-state index in [0.29, 0.717) is 4.90 Å². The Morgan fingerprint density at radius 2 is 1.73 bits per heavy atom. The molecule has 0 spiro atoms. The molecular weight excluding hydrogens is 296 g/mol. The smallest absolute Gasteiger partial charge is 0.240 e. The average Bonchev–Trinajstić information content (AvgIpc) is 2.50. The van der Waals surface area contributed by atoms with E-state index in [1.54, 1.807) is 12.1 Å². The number of piperidine rings is 1. The topological polar surface area (TPSA) is 49.4 Å². The Morgan fingerprint density at radius 1 is 1.09 bits per heavy atom. The van der Waals surface area contributed by atoms with Crippen molar-refractivity contribution in [2.45, 2.75) is 56.9 Å². The molecule has 0 radical (unpaired) electrons. The van der Waals surface area contributed by atoms with Gasteiger partial charge in [0.05, 0.1) is 4.90 Å². The molecule has 0 unspecified atom stereocenters. The van der Waals surface area contributed by atoms with Crippen LogP contribution in [0.25, 0.3) is 0 Å². The van der Waals surface area contributed by atoms with Crippen LogP contribution in [0.1, 0.15) is 45.1 Å². The van der Waals surface area contributed by atoms with E-state index in [9.17, 15) is 8.42 Å². The van der Waals surface area contributed by atoms with Gasteiger partial charge in [-0.15, -0.1) is 0 Å². The Bertz CT molecular complexity index is 547. The molecule has 1 N–H and O–H groups in total. The van der Waals surface area contributed by atoms with E-state index < -0.39 is 10.0 Å². The van der Waals surface area contributed by atoms with E-state index in [4.69, 9.17) is 0 Å². The Morgan fingerprint density at radius 3 is 2.27 bits per heavy atom. The molecule has 1 aliphatic heterocycles. The fraction of sp³-hybridized carbons (Fsp3) is 0.647. The van der Waals surface area contributed by atoms with Gasteiger partial charge in [0.25, 0.3) is 0 Å². The number of rotatable bonds is 7. The molecule has 4 nitrogen and oxygen atoms in total. The molecule has 1 fully saturated rings. The van der Waals surface area contributed by atoms with Crippen molar-refractivity contribution >= 4 is 10.0 Å². The number of nitrogens with zero attached hydrogens (tertiary/aromatic N) is 1. The average molecular weight is 324 g/mol. The van der Waals surface area contributed by atoms with Crippen molar-refractivity contribution in [3.05, 3.63) is 29.8 Å². The molecule has 1 aromatic carbocycles. The molecule has 1 saturated heterocycles. The van der Waals surface area contributed by atoms with Gasteiger partial charge in [-0.1, -0.05) is 32.4 Å². The van der Waals surface area contributed by atoms with Crippen LogP contribution < -0.4 is 4.72 Å². The minimum atomic E-state index is -3.39. The molecule has 5 heteroatoms. The van der Waals surface area contributed by atoms with Crippen molar-refractivity contribution in [1.29, 1.82) is 0 Å². The van der Waals surface area contributed by atoms with Gasteiger partial charge in [-0.2, -0.15) is 0 Å². The molecular formula is C17H28N2O2S. The summed E-state index contributed by atoms with van der Waals surface area (Å²) in [6.07, 6.45) is 5.01. The molecule has 124 valence electrons. The maximum Gasteiger partial charge on any atom is 0.240 e. The van der Waals surface area contributed by atoms with Gasteiger partial charge in [-0.25, -0.2) is 13.1 Å². The first kappa shape index (κ1) is 17.4. The summed E-state index contributed by atoms with van der Waals surface area (Å²) in [5.74, 6) is 0. The quantitative estimate of drug-likeness (QED) is 0.839. The van der Waals surface area contributed by atoms with Crippen LogP contribution in [0.15, 0.2) is 29.2 Å². The molecule has 0 aliphatic carbocycles.